The monoisotopic (exact) mass is 239 g/mol. The van der Waals surface area contributed by atoms with Gasteiger partial charge in [-0.2, -0.15) is 0 Å². The number of hydrogen-bond donors (Lipinski definition) is 1. The van der Waals surface area contributed by atoms with Crippen LogP contribution in [-0.2, 0) is 11.2 Å². The third kappa shape index (κ3) is 1.91. The van der Waals surface area contributed by atoms with Crippen LogP contribution >= 0.6 is 15.9 Å². The van der Waals surface area contributed by atoms with Crippen molar-refractivity contribution in [3.63, 3.8) is 0 Å². The second-order valence-electron chi connectivity index (χ2n) is 3.19. The van der Waals surface area contributed by atoms with Gasteiger partial charge in [-0.3, -0.25) is 4.79 Å². The van der Waals surface area contributed by atoms with Crippen LogP contribution in [0, 0.1) is 0 Å². The SMILES string of the molecule is O=C1CCNc2ccc(Br)cc2C1. The van der Waals surface area contributed by atoms with Crippen molar-refractivity contribution in [2.24, 2.45) is 0 Å². The molecule has 1 aromatic carbocycles. The Balaban J connectivity index is 2.40. The predicted molar refractivity (Wildman–Crippen MR) is 56.0 cm³/mol. The minimum absolute atomic E-state index is 0.310. The number of Topliss-reactive ketones (excluding diaryl/α,β-unsaturated/α-hetero) is 1. The van der Waals surface area contributed by atoms with E-state index in [0.717, 1.165) is 22.3 Å². The highest BCUT2D eigenvalue weighted by molar-refractivity contribution is 9.10. The smallest absolute Gasteiger partial charge is 0.139 e. The molecule has 1 aliphatic rings. The van der Waals surface area contributed by atoms with Crippen molar-refractivity contribution in [3.8, 4) is 0 Å². The van der Waals surface area contributed by atoms with Crippen molar-refractivity contribution in [2.75, 3.05) is 11.9 Å². The first-order valence-corrected chi connectivity index (χ1v) is 5.09. The summed E-state index contributed by atoms with van der Waals surface area (Å²) >= 11 is 3.40. The van der Waals surface area contributed by atoms with Gasteiger partial charge in [-0.05, 0) is 23.8 Å². The van der Waals surface area contributed by atoms with E-state index < -0.39 is 0 Å². The molecule has 0 radical (unpaired) electrons. The second kappa shape index (κ2) is 3.50. The molecule has 68 valence electrons. The third-order valence-electron chi connectivity index (χ3n) is 2.17. The van der Waals surface area contributed by atoms with Crippen molar-refractivity contribution in [1.82, 2.24) is 0 Å². The first-order valence-electron chi connectivity index (χ1n) is 4.30. The van der Waals surface area contributed by atoms with Crippen LogP contribution in [0.4, 0.5) is 5.69 Å². The normalized spacial score (nSPS) is 15.9. The summed E-state index contributed by atoms with van der Waals surface area (Å²) in [4.78, 5) is 11.3. The van der Waals surface area contributed by atoms with E-state index in [1.165, 1.54) is 0 Å². The molecule has 1 heterocycles. The molecular formula is C10H10BrNO. The fourth-order valence-corrected chi connectivity index (χ4v) is 1.93. The maximum atomic E-state index is 11.3. The Morgan fingerprint density at radius 2 is 2.23 bits per heavy atom. The van der Waals surface area contributed by atoms with Gasteiger partial charge in [-0.1, -0.05) is 15.9 Å². The summed E-state index contributed by atoms with van der Waals surface area (Å²) in [5, 5.41) is 3.24. The molecule has 2 rings (SSSR count). The number of halogens is 1. The van der Waals surface area contributed by atoms with Crippen molar-refractivity contribution < 1.29 is 4.79 Å². The molecule has 0 unspecified atom stereocenters. The Morgan fingerprint density at radius 3 is 3.08 bits per heavy atom. The molecule has 0 atom stereocenters. The number of nitrogens with one attached hydrogen (secondary N) is 1. The van der Waals surface area contributed by atoms with Gasteiger partial charge in [0.15, 0.2) is 0 Å². The van der Waals surface area contributed by atoms with E-state index in [2.05, 4.69) is 21.2 Å². The summed E-state index contributed by atoms with van der Waals surface area (Å²) in [5.41, 5.74) is 2.19. The van der Waals surface area contributed by atoms with E-state index in [1.807, 2.05) is 18.2 Å². The van der Waals surface area contributed by atoms with Crippen molar-refractivity contribution in [2.45, 2.75) is 12.8 Å². The summed E-state index contributed by atoms with van der Waals surface area (Å²) in [6, 6.07) is 6.01. The van der Waals surface area contributed by atoms with E-state index >= 15 is 0 Å². The van der Waals surface area contributed by atoms with E-state index in [-0.39, 0.29) is 0 Å². The molecular weight excluding hydrogens is 230 g/mol. The zero-order valence-electron chi connectivity index (χ0n) is 7.14. The largest absolute Gasteiger partial charge is 0.384 e. The molecule has 0 aliphatic carbocycles. The van der Waals surface area contributed by atoms with Crippen molar-refractivity contribution >= 4 is 27.4 Å². The van der Waals surface area contributed by atoms with Crippen LogP contribution in [-0.4, -0.2) is 12.3 Å². The van der Waals surface area contributed by atoms with Crippen LogP contribution in [0.25, 0.3) is 0 Å². The second-order valence-corrected chi connectivity index (χ2v) is 4.11. The molecule has 0 bridgehead atoms. The van der Waals surface area contributed by atoms with Gasteiger partial charge >= 0.3 is 0 Å². The molecule has 2 nitrogen and oxygen atoms in total. The highest BCUT2D eigenvalue weighted by Crippen LogP contribution is 2.23. The van der Waals surface area contributed by atoms with E-state index in [1.54, 1.807) is 0 Å². The summed E-state index contributed by atoms with van der Waals surface area (Å²) in [7, 11) is 0. The van der Waals surface area contributed by atoms with Gasteiger partial charge in [-0.25, -0.2) is 0 Å². The average Bonchev–Trinajstić information content (AvgIpc) is 2.25. The quantitative estimate of drug-likeness (QED) is 0.754. The lowest BCUT2D eigenvalue weighted by Crippen LogP contribution is -2.03. The van der Waals surface area contributed by atoms with Gasteiger partial charge in [0.05, 0.1) is 0 Å². The number of carbonyl (C=O) groups is 1. The fraction of sp³-hybridized carbons (Fsp3) is 0.300. The number of carbonyl (C=O) groups excluding carboxylic acids is 1. The standard InChI is InChI=1S/C10H10BrNO/c11-8-1-2-10-7(5-8)6-9(13)3-4-12-10/h1-2,5,12H,3-4,6H2. The number of benzene rings is 1. The molecule has 0 saturated heterocycles. The molecule has 0 spiro atoms. The van der Waals surface area contributed by atoms with Gasteiger partial charge < -0.3 is 5.32 Å². The van der Waals surface area contributed by atoms with E-state index in [4.69, 9.17) is 0 Å². The van der Waals surface area contributed by atoms with Crippen molar-refractivity contribution in [1.29, 1.82) is 0 Å². The van der Waals surface area contributed by atoms with Crippen LogP contribution in [0.2, 0.25) is 0 Å². The minimum Gasteiger partial charge on any atom is -0.384 e. The Hall–Kier alpha value is -0.830. The highest BCUT2D eigenvalue weighted by Gasteiger charge is 2.12. The molecule has 1 N–H and O–H groups in total. The van der Waals surface area contributed by atoms with Gasteiger partial charge in [0.1, 0.15) is 5.78 Å². The zero-order valence-corrected chi connectivity index (χ0v) is 8.73. The molecule has 3 heteroatoms. The molecule has 0 fully saturated rings. The Bertz CT molecular complexity index is 349. The van der Waals surface area contributed by atoms with Crippen LogP contribution in [0.5, 0.6) is 0 Å². The molecule has 1 aliphatic heterocycles. The van der Waals surface area contributed by atoms with Crippen LogP contribution in [0.1, 0.15) is 12.0 Å². The predicted octanol–water partition coefficient (Wildman–Crippen LogP) is 2.38. The van der Waals surface area contributed by atoms with Gasteiger partial charge in [-0.15, -0.1) is 0 Å². The fourth-order valence-electron chi connectivity index (χ4n) is 1.52. The Morgan fingerprint density at radius 1 is 1.38 bits per heavy atom. The first kappa shape index (κ1) is 8.75. The number of fused-ring (bicyclic) bond motifs is 1. The van der Waals surface area contributed by atoms with Crippen LogP contribution in [0.15, 0.2) is 22.7 Å². The minimum atomic E-state index is 0.310. The number of anilines is 1. The summed E-state index contributed by atoms with van der Waals surface area (Å²) in [6.45, 7) is 0.757. The number of hydrogen-bond acceptors (Lipinski definition) is 2. The zero-order chi connectivity index (χ0) is 9.26. The lowest BCUT2D eigenvalue weighted by molar-refractivity contribution is -0.118. The van der Waals surface area contributed by atoms with Gasteiger partial charge in [0.25, 0.3) is 0 Å². The average molecular weight is 240 g/mol. The topological polar surface area (TPSA) is 29.1 Å². The maximum Gasteiger partial charge on any atom is 0.139 e. The van der Waals surface area contributed by atoms with Crippen LogP contribution < -0.4 is 5.32 Å². The maximum absolute atomic E-state index is 11.3. The number of ketones is 1. The molecule has 1 aromatic rings. The molecule has 0 amide bonds. The van der Waals surface area contributed by atoms with Crippen molar-refractivity contribution in [3.05, 3.63) is 28.2 Å². The molecule has 0 saturated carbocycles. The number of rotatable bonds is 0. The van der Waals surface area contributed by atoms with E-state index in [9.17, 15) is 4.79 Å². The lowest BCUT2D eigenvalue weighted by Gasteiger charge is -2.06. The third-order valence-corrected chi connectivity index (χ3v) is 2.67. The summed E-state index contributed by atoms with van der Waals surface area (Å²) in [5.74, 6) is 0.310. The molecule has 0 aromatic heterocycles. The van der Waals surface area contributed by atoms with Gasteiger partial charge in [0.2, 0.25) is 0 Å². The van der Waals surface area contributed by atoms with Crippen LogP contribution in [0.3, 0.4) is 0 Å². The first-order chi connectivity index (χ1) is 6.25. The molecule has 13 heavy (non-hydrogen) atoms. The lowest BCUT2D eigenvalue weighted by atomic mass is 10.1. The summed E-state index contributed by atoms with van der Waals surface area (Å²) in [6.07, 6.45) is 1.19. The van der Waals surface area contributed by atoms with Gasteiger partial charge in [0, 0.05) is 29.5 Å². The Labute approximate surface area is 85.5 Å². The van der Waals surface area contributed by atoms with E-state index in [0.29, 0.717) is 18.6 Å². The highest BCUT2D eigenvalue weighted by atomic mass is 79.9. The summed E-state index contributed by atoms with van der Waals surface area (Å²) < 4.78 is 1.03. The Kier molecular flexibility index (Phi) is 2.36.